The molecule has 0 aliphatic heterocycles. The molecular weight excluding hydrogens is 366 g/mol. The number of benzene rings is 3. The van der Waals surface area contributed by atoms with E-state index in [1.807, 2.05) is 12.4 Å². The van der Waals surface area contributed by atoms with E-state index in [0.717, 1.165) is 37.1 Å². The van der Waals surface area contributed by atoms with Gasteiger partial charge in [0.25, 0.3) is 0 Å². The molecular formula is C27H29N3. The summed E-state index contributed by atoms with van der Waals surface area (Å²) in [5, 5.41) is 3.53. The van der Waals surface area contributed by atoms with Gasteiger partial charge in [-0.05, 0) is 31.4 Å². The molecule has 0 fully saturated rings. The van der Waals surface area contributed by atoms with Gasteiger partial charge in [-0.1, -0.05) is 85.8 Å². The molecule has 0 bridgehead atoms. The van der Waals surface area contributed by atoms with Gasteiger partial charge in [-0.2, -0.15) is 0 Å². The van der Waals surface area contributed by atoms with Crippen molar-refractivity contribution in [3.8, 4) is 22.5 Å². The summed E-state index contributed by atoms with van der Waals surface area (Å²) in [6, 6.07) is 32.0. The van der Waals surface area contributed by atoms with Crippen molar-refractivity contribution in [2.45, 2.75) is 32.2 Å². The van der Waals surface area contributed by atoms with Crippen molar-refractivity contribution in [1.29, 1.82) is 0 Å². The Bertz CT molecular complexity index is 1020. The van der Waals surface area contributed by atoms with Crippen LogP contribution in [-0.2, 0) is 0 Å². The van der Waals surface area contributed by atoms with Crippen molar-refractivity contribution in [2.24, 2.45) is 0 Å². The lowest BCUT2D eigenvalue weighted by molar-refractivity contribution is 0.447. The van der Waals surface area contributed by atoms with E-state index in [-0.39, 0.29) is 0 Å². The van der Waals surface area contributed by atoms with Crippen LogP contribution in [0, 0.1) is 0 Å². The minimum Gasteiger partial charge on any atom is -0.385 e. The first kappa shape index (κ1) is 20.0. The maximum absolute atomic E-state index is 4.85. The highest BCUT2D eigenvalue weighted by Crippen LogP contribution is 2.35. The van der Waals surface area contributed by atoms with Crippen molar-refractivity contribution in [1.82, 2.24) is 9.55 Å². The number of hydrogen-bond donors (Lipinski definition) is 1. The van der Waals surface area contributed by atoms with Gasteiger partial charge >= 0.3 is 0 Å². The quantitative estimate of drug-likeness (QED) is 0.307. The average Bonchev–Trinajstić information content (AvgIpc) is 3.26. The fraction of sp³-hybridized carbons (Fsp3) is 0.222. The minimum atomic E-state index is 0.419. The lowest BCUT2D eigenvalue weighted by atomic mass is 10.0. The number of hydrogen-bond acceptors (Lipinski definition) is 2. The van der Waals surface area contributed by atoms with Crippen LogP contribution >= 0.6 is 0 Å². The molecule has 0 radical (unpaired) electrons. The third kappa shape index (κ3) is 4.62. The molecule has 0 spiro atoms. The first-order valence-electron chi connectivity index (χ1n) is 10.8. The van der Waals surface area contributed by atoms with Gasteiger partial charge in [0.15, 0.2) is 0 Å². The molecule has 30 heavy (non-hydrogen) atoms. The number of aromatic nitrogens is 2. The Morgan fingerprint density at radius 2 is 1.40 bits per heavy atom. The second kappa shape index (κ2) is 9.93. The van der Waals surface area contributed by atoms with Gasteiger partial charge in [0.2, 0.25) is 0 Å². The first-order chi connectivity index (χ1) is 14.9. The van der Waals surface area contributed by atoms with Gasteiger partial charge in [0.05, 0.1) is 17.7 Å². The number of imidazole rings is 1. The van der Waals surface area contributed by atoms with E-state index in [2.05, 4.69) is 102 Å². The Labute approximate surface area is 179 Å². The van der Waals surface area contributed by atoms with E-state index in [0.29, 0.717) is 6.04 Å². The molecule has 152 valence electrons. The molecule has 1 heterocycles. The molecule has 1 unspecified atom stereocenters. The summed E-state index contributed by atoms with van der Waals surface area (Å²) < 4.78 is 2.39. The smallest absolute Gasteiger partial charge is 0.0963 e. The van der Waals surface area contributed by atoms with Crippen LogP contribution in [0.2, 0.25) is 0 Å². The minimum absolute atomic E-state index is 0.419. The zero-order valence-corrected chi connectivity index (χ0v) is 17.5. The summed E-state index contributed by atoms with van der Waals surface area (Å²) in [6.07, 6.45) is 5.33. The van der Waals surface area contributed by atoms with Crippen LogP contribution in [-0.4, -0.2) is 16.1 Å². The fourth-order valence-corrected chi connectivity index (χ4v) is 3.99. The van der Waals surface area contributed by atoms with Crippen LogP contribution in [0.25, 0.3) is 22.5 Å². The predicted octanol–water partition coefficient (Wildman–Crippen LogP) is 7.06. The van der Waals surface area contributed by atoms with Crippen molar-refractivity contribution < 1.29 is 0 Å². The molecule has 3 nitrogen and oxygen atoms in total. The summed E-state index contributed by atoms with van der Waals surface area (Å²) in [5.74, 6) is 0. The summed E-state index contributed by atoms with van der Waals surface area (Å²) in [6.45, 7) is 3.24. The van der Waals surface area contributed by atoms with Crippen LogP contribution in [0.1, 0.15) is 32.2 Å². The Balaban J connectivity index is 1.56. The summed E-state index contributed by atoms with van der Waals surface area (Å²) in [4.78, 5) is 4.85. The second-order valence-corrected chi connectivity index (χ2v) is 7.58. The molecule has 1 atom stereocenters. The van der Waals surface area contributed by atoms with Gasteiger partial charge in [0.1, 0.15) is 0 Å². The lowest BCUT2D eigenvalue weighted by Crippen LogP contribution is -2.11. The molecule has 1 aromatic heterocycles. The Kier molecular flexibility index (Phi) is 6.61. The largest absolute Gasteiger partial charge is 0.385 e. The highest BCUT2D eigenvalue weighted by Gasteiger charge is 2.19. The monoisotopic (exact) mass is 395 g/mol. The van der Waals surface area contributed by atoms with Crippen LogP contribution in [0.4, 0.5) is 5.69 Å². The van der Waals surface area contributed by atoms with Gasteiger partial charge in [-0.15, -0.1) is 0 Å². The van der Waals surface area contributed by atoms with Crippen molar-refractivity contribution >= 4 is 5.69 Å². The summed E-state index contributed by atoms with van der Waals surface area (Å²) in [7, 11) is 0. The number of nitrogens with one attached hydrogen (secondary N) is 1. The predicted molar refractivity (Wildman–Crippen MR) is 127 cm³/mol. The van der Waals surface area contributed by atoms with Crippen molar-refractivity contribution in [2.75, 3.05) is 11.9 Å². The van der Waals surface area contributed by atoms with Crippen molar-refractivity contribution in [3.63, 3.8) is 0 Å². The van der Waals surface area contributed by atoms with E-state index in [1.165, 1.54) is 16.9 Å². The van der Waals surface area contributed by atoms with Crippen molar-refractivity contribution in [3.05, 3.63) is 97.3 Å². The van der Waals surface area contributed by atoms with E-state index >= 15 is 0 Å². The van der Waals surface area contributed by atoms with E-state index in [1.54, 1.807) is 0 Å². The Morgan fingerprint density at radius 1 is 0.800 bits per heavy atom. The molecule has 0 amide bonds. The maximum Gasteiger partial charge on any atom is 0.0963 e. The fourth-order valence-electron chi connectivity index (χ4n) is 3.99. The third-order valence-corrected chi connectivity index (χ3v) is 5.57. The Hall–Kier alpha value is -3.33. The number of rotatable bonds is 9. The van der Waals surface area contributed by atoms with Gasteiger partial charge in [0, 0.05) is 29.4 Å². The van der Waals surface area contributed by atoms with Crippen LogP contribution < -0.4 is 5.32 Å². The van der Waals surface area contributed by atoms with Crippen LogP contribution in [0.15, 0.2) is 97.3 Å². The lowest BCUT2D eigenvalue weighted by Gasteiger charge is -2.21. The molecule has 0 aliphatic carbocycles. The van der Waals surface area contributed by atoms with Crippen LogP contribution in [0.3, 0.4) is 0 Å². The highest BCUT2D eigenvalue weighted by molar-refractivity contribution is 5.78. The number of anilines is 1. The number of nitrogens with zero attached hydrogens (tertiary/aromatic N) is 2. The van der Waals surface area contributed by atoms with E-state index < -0.39 is 0 Å². The molecule has 4 rings (SSSR count). The first-order valence-corrected chi connectivity index (χ1v) is 10.8. The average molecular weight is 396 g/mol. The second-order valence-electron chi connectivity index (χ2n) is 7.58. The van der Waals surface area contributed by atoms with E-state index in [4.69, 9.17) is 4.98 Å². The summed E-state index contributed by atoms with van der Waals surface area (Å²) >= 11 is 0. The van der Waals surface area contributed by atoms with Gasteiger partial charge in [-0.25, -0.2) is 4.98 Å². The number of para-hydroxylation sites is 1. The SMILES string of the molecule is CCC(CCCNc1ccccc1)n1cnc(-c2ccccc2)c1-c1ccccc1. The molecule has 1 N–H and O–H groups in total. The zero-order chi connectivity index (χ0) is 20.6. The van der Waals surface area contributed by atoms with E-state index in [9.17, 15) is 0 Å². The molecule has 3 aromatic carbocycles. The summed E-state index contributed by atoms with van der Waals surface area (Å²) in [5.41, 5.74) is 5.84. The van der Waals surface area contributed by atoms with Gasteiger partial charge in [-0.3, -0.25) is 0 Å². The molecule has 0 aliphatic rings. The zero-order valence-electron chi connectivity index (χ0n) is 17.5. The third-order valence-electron chi connectivity index (χ3n) is 5.57. The standard InChI is InChI=1S/C27H29N3/c1-2-25(19-12-20-28-24-17-10-5-11-18-24)30-21-29-26(22-13-6-3-7-14-22)27(30)23-15-8-4-9-16-23/h3-11,13-18,21,25,28H,2,12,19-20H2,1H3. The van der Waals surface area contributed by atoms with Gasteiger partial charge < -0.3 is 9.88 Å². The maximum atomic E-state index is 4.85. The topological polar surface area (TPSA) is 29.9 Å². The molecule has 0 saturated heterocycles. The molecule has 0 saturated carbocycles. The van der Waals surface area contributed by atoms with Crippen LogP contribution in [0.5, 0.6) is 0 Å². The highest BCUT2D eigenvalue weighted by atomic mass is 15.1. The molecule has 4 aromatic rings. The Morgan fingerprint density at radius 3 is 2.03 bits per heavy atom. The normalized spacial score (nSPS) is 11.9. The molecule has 3 heteroatoms.